The first-order valence-corrected chi connectivity index (χ1v) is 11.4. The van der Waals surface area contributed by atoms with Gasteiger partial charge in [0, 0.05) is 30.5 Å². The fraction of sp³-hybridized carbons (Fsp3) is 0.364. The fourth-order valence-electron chi connectivity index (χ4n) is 3.29. The highest BCUT2D eigenvalue weighted by Crippen LogP contribution is 2.22. The van der Waals surface area contributed by atoms with Crippen LogP contribution in [-0.4, -0.2) is 42.5 Å². The van der Waals surface area contributed by atoms with E-state index in [-0.39, 0.29) is 24.1 Å². The van der Waals surface area contributed by atoms with Crippen LogP contribution < -0.4 is 5.32 Å². The number of carbonyl (C=O) groups is 1. The Morgan fingerprint density at radius 3 is 2.86 bits per heavy atom. The van der Waals surface area contributed by atoms with Gasteiger partial charge in [-0.1, -0.05) is 25.0 Å². The first kappa shape index (κ1) is 21.0. The lowest BCUT2D eigenvalue weighted by Gasteiger charge is -2.31. The molecule has 3 rings (SSSR count). The molecule has 2 heterocycles. The van der Waals surface area contributed by atoms with Gasteiger partial charge in [-0.2, -0.15) is 0 Å². The van der Waals surface area contributed by atoms with Gasteiger partial charge in [-0.15, -0.1) is 0 Å². The van der Waals surface area contributed by atoms with E-state index in [4.69, 9.17) is 0 Å². The molecule has 1 aromatic carbocycles. The van der Waals surface area contributed by atoms with Gasteiger partial charge < -0.3 is 5.32 Å². The summed E-state index contributed by atoms with van der Waals surface area (Å²) in [5, 5.41) is 2.91. The molecule has 0 aliphatic carbocycles. The summed E-state index contributed by atoms with van der Waals surface area (Å²) in [6.07, 6.45) is 3.64. The highest BCUT2D eigenvalue weighted by atomic mass is 32.2. The zero-order valence-corrected chi connectivity index (χ0v) is 17.3. The van der Waals surface area contributed by atoms with Crippen LogP contribution in [0.25, 0.3) is 0 Å². The van der Waals surface area contributed by atoms with Crippen LogP contribution in [0.1, 0.15) is 37.4 Å². The van der Waals surface area contributed by atoms with E-state index < -0.39 is 10.0 Å². The summed E-state index contributed by atoms with van der Waals surface area (Å²) in [5.41, 5.74) is 2.10. The van der Waals surface area contributed by atoms with Gasteiger partial charge in [-0.25, -0.2) is 17.7 Å². The van der Waals surface area contributed by atoms with Crippen molar-refractivity contribution in [1.29, 1.82) is 0 Å². The normalized spacial score (nSPS) is 17.2. The molecule has 1 amide bonds. The molecular formula is C22H25N3O3S. The second-order valence-electron chi connectivity index (χ2n) is 7.05. The largest absolute Gasteiger partial charge is 0.326 e. The molecule has 0 spiro atoms. The Morgan fingerprint density at radius 2 is 2.10 bits per heavy atom. The summed E-state index contributed by atoms with van der Waals surface area (Å²) in [7, 11) is -3.28. The molecule has 6 nitrogen and oxygen atoms in total. The first-order chi connectivity index (χ1) is 14.0. The average molecular weight is 412 g/mol. The van der Waals surface area contributed by atoms with Crippen molar-refractivity contribution in [3.63, 3.8) is 0 Å². The fourth-order valence-corrected chi connectivity index (χ4v) is 4.88. The van der Waals surface area contributed by atoms with Crippen molar-refractivity contribution in [2.24, 2.45) is 5.92 Å². The summed E-state index contributed by atoms with van der Waals surface area (Å²) < 4.78 is 26.1. The number of aromatic nitrogens is 1. The van der Waals surface area contributed by atoms with E-state index in [0.29, 0.717) is 37.2 Å². The molecule has 1 atom stereocenters. The molecule has 1 fully saturated rings. The number of hydrogen-bond acceptors (Lipinski definition) is 4. The van der Waals surface area contributed by atoms with Gasteiger partial charge in [0.1, 0.15) is 5.69 Å². The number of benzene rings is 1. The van der Waals surface area contributed by atoms with E-state index in [1.165, 1.54) is 4.31 Å². The van der Waals surface area contributed by atoms with Crippen LogP contribution in [-0.2, 0) is 14.8 Å². The minimum absolute atomic E-state index is 0.123. The van der Waals surface area contributed by atoms with Crippen molar-refractivity contribution in [1.82, 2.24) is 9.29 Å². The summed E-state index contributed by atoms with van der Waals surface area (Å²) >= 11 is 0. The summed E-state index contributed by atoms with van der Waals surface area (Å²) in [6, 6.07) is 12.9. The molecule has 1 aliphatic heterocycles. The lowest BCUT2D eigenvalue weighted by molar-refractivity contribution is -0.120. The van der Waals surface area contributed by atoms with Crippen molar-refractivity contribution >= 4 is 21.6 Å². The van der Waals surface area contributed by atoms with E-state index in [0.717, 1.165) is 5.56 Å². The minimum atomic E-state index is -3.28. The van der Waals surface area contributed by atoms with E-state index in [9.17, 15) is 13.2 Å². The van der Waals surface area contributed by atoms with Crippen molar-refractivity contribution in [2.45, 2.75) is 26.2 Å². The van der Waals surface area contributed by atoms with Gasteiger partial charge in [0.15, 0.2) is 0 Å². The molecule has 0 saturated carbocycles. The number of rotatable bonds is 5. The second kappa shape index (κ2) is 9.68. The zero-order valence-electron chi connectivity index (χ0n) is 16.5. The number of piperidine rings is 1. The number of carbonyl (C=O) groups excluding carboxylic acids is 1. The van der Waals surface area contributed by atoms with Crippen molar-refractivity contribution in [3.8, 4) is 11.8 Å². The molecule has 7 heteroatoms. The maximum atomic E-state index is 12.7. The standard InChI is InChI=1S/C22H25N3O3S/c1-2-15-29(27,28)25-14-6-8-19(17-25)22(26)24-21-10-5-7-18(16-21)11-12-20-9-3-4-13-23-20/h3-5,7,9-10,13,16,19H,2,6,8,14-15,17H2,1H3,(H,24,26)/t19-/m0/s1. The number of nitrogens with one attached hydrogen (secondary N) is 1. The first-order valence-electron chi connectivity index (χ1n) is 9.80. The third-order valence-electron chi connectivity index (χ3n) is 4.74. The van der Waals surface area contributed by atoms with Crippen LogP contribution >= 0.6 is 0 Å². The Morgan fingerprint density at radius 1 is 1.24 bits per heavy atom. The molecule has 1 N–H and O–H groups in total. The molecule has 0 radical (unpaired) electrons. The molecule has 2 aromatic rings. The monoisotopic (exact) mass is 411 g/mol. The van der Waals surface area contributed by atoms with Gasteiger partial charge in [0.2, 0.25) is 15.9 Å². The van der Waals surface area contributed by atoms with Crippen molar-refractivity contribution in [3.05, 3.63) is 59.9 Å². The summed E-state index contributed by atoms with van der Waals surface area (Å²) in [6.45, 7) is 2.58. The minimum Gasteiger partial charge on any atom is -0.326 e. The SMILES string of the molecule is CCCS(=O)(=O)N1CCC[C@H](C(=O)Nc2cccc(C#Cc3ccccn3)c2)C1. The molecule has 1 saturated heterocycles. The Balaban J connectivity index is 1.66. The van der Waals surface area contributed by atoms with Gasteiger partial charge in [0.05, 0.1) is 11.7 Å². The van der Waals surface area contributed by atoms with Crippen molar-refractivity contribution in [2.75, 3.05) is 24.2 Å². The zero-order chi connectivity index (χ0) is 20.7. The summed E-state index contributed by atoms with van der Waals surface area (Å²) in [5.74, 6) is 5.65. The van der Waals surface area contributed by atoms with Crippen molar-refractivity contribution < 1.29 is 13.2 Å². The van der Waals surface area contributed by atoms with Crippen LogP contribution in [0, 0.1) is 17.8 Å². The maximum Gasteiger partial charge on any atom is 0.228 e. The molecular weight excluding hydrogens is 386 g/mol. The maximum absolute atomic E-state index is 12.7. The topological polar surface area (TPSA) is 79.4 Å². The molecule has 0 unspecified atom stereocenters. The average Bonchev–Trinajstić information content (AvgIpc) is 2.73. The molecule has 29 heavy (non-hydrogen) atoms. The number of hydrogen-bond donors (Lipinski definition) is 1. The second-order valence-corrected chi connectivity index (χ2v) is 9.14. The lowest BCUT2D eigenvalue weighted by Crippen LogP contribution is -2.44. The lowest BCUT2D eigenvalue weighted by atomic mass is 9.98. The number of amides is 1. The summed E-state index contributed by atoms with van der Waals surface area (Å²) in [4.78, 5) is 16.9. The predicted octanol–water partition coefficient (Wildman–Crippen LogP) is 2.87. The number of sulfonamides is 1. The molecule has 0 bridgehead atoms. The smallest absolute Gasteiger partial charge is 0.228 e. The quantitative estimate of drug-likeness (QED) is 0.768. The third-order valence-corrected chi connectivity index (χ3v) is 6.78. The Labute approximate surface area is 172 Å². The molecule has 152 valence electrons. The molecule has 1 aromatic heterocycles. The van der Waals surface area contributed by atoms with Gasteiger partial charge in [0.25, 0.3) is 0 Å². The number of nitrogens with zero attached hydrogens (tertiary/aromatic N) is 2. The Bertz CT molecular complexity index is 1010. The van der Waals surface area contributed by atoms with Gasteiger partial charge in [-0.05, 0) is 55.5 Å². The predicted molar refractivity (Wildman–Crippen MR) is 114 cm³/mol. The van der Waals surface area contributed by atoms with E-state index in [1.54, 1.807) is 12.3 Å². The highest BCUT2D eigenvalue weighted by Gasteiger charge is 2.31. The van der Waals surface area contributed by atoms with E-state index in [2.05, 4.69) is 22.1 Å². The van der Waals surface area contributed by atoms with Crippen LogP contribution in [0.3, 0.4) is 0 Å². The van der Waals surface area contributed by atoms with Gasteiger partial charge in [-0.3, -0.25) is 4.79 Å². The third kappa shape index (κ3) is 5.89. The highest BCUT2D eigenvalue weighted by molar-refractivity contribution is 7.89. The van der Waals surface area contributed by atoms with Gasteiger partial charge >= 0.3 is 0 Å². The van der Waals surface area contributed by atoms with Crippen LogP contribution in [0.15, 0.2) is 48.7 Å². The van der Waals surface area contributed by atoms with Crippen LogP contribution in [0.2, 0.25) is 0 Å². The molecule has 1 aliphatic rings. The van der Waals surface area contributed by atoms with Crippen LogP contribution in [0.5, 0.6) is 0 Å². The Hall–Kier alpha value is -2.69. The van der Waals surface area contributed by atoms with E-state index >= 15 is 0 Å². The Kier molecular flexibility index (Phi) is 7.02. The number of pyridine rings is 1. The van der Waals surface area contributed by atoms with Crippen LogP contribution in [0.4, 0.5) is 5.69 Å². The van der Waals surface area contributed by atoms with E-state index in [1.807, 2.05) is 43.3 Å². The number of anilines is 1.